The molecule has 9 aliphatic rings. The Bertz CT molecular complexity index is 1470. The van der Waals surface area contributed by atoms with E-state index in [-0.39, 0.29) is 75.6 Å². The van der Waals surface area contributed by atoms with Crippen LogP contribution in [0.25, 0.3) is 0 Å². The minimum absolute atomic E-state index is 0.0102. The van der Waals surface area contributed by atoms with Crippen LogP contribution in [-0.4, -0.2) is 95.8 Å². The number of esters is 2. The van der Waals surface area contributed by atoms with Gasteiger partial charge in [-0.2, -0.15) is 0 Å². The van der Waals surface area contributed by atoms with Crippen molar-refractivity contribution in [2.75, 3.05) is 13.2 Å². The van der Waals surface area contributed by atoms with E-state index >= 15 is 0 Å². The van der Waals surface area contributed by atoms with E-state index in [9.17, 15) is 19.8 Å². The largest absolute Gasteiger partial charge is 0.462 e. The van der Waals surface area contributed by atoms with Gasteiger partial charge in [0, 0.05) is 25.7 Å². The van der Waals surface area contributed by atoms with Gasteiger partial charge in [0.25, 0.3) is 0 Å². The van der Waals surface area contributed by atoms with Crippen molar-refractivity contribution in [1.29, 1.82) is 0 Å². The number of hydrogen-bond donors (Lipinski definition) is 2. The predicted molar refractivity (Wildman–Crippen MR) is 176 cm³/mol. The first kappa shape index (κ1) is 34.4. The predicted octanol–water partition coefficient (Wildman–Crippen LogP) is 4.28. The van der Waals surface area contributed by atoms with Crippen LogP contribution in [0.5, 0.6) is 0 Å². The highest BCUT2D eigenvalue weighted by molar-refractivity contribution is 5.66. The van der Waals surface area contributed by atoms with Crippen molar-refractivity contribution in [3.8, 4) is 0 Å². The molecule has 0 aromatic heterocycles. The Kier molecular flexibility index (Phi) is 7.19. The van der Waals surface area contributed by atoms with Crippen molar-refractivity contribution in [2.24, 2.45) is 50.7 Å². The summed E-state index contributed by atoms with van der Waals surface area (Å²) in [6.07, 6.45) is 2.81. The van der Waals surface area contributed by atoms with Gasteiger partial charge in [0.1, 0.15) is 30.0 Å². The molecule has 4 heterocycles. The molecule has 5 saturated carbocycles. The Labute approximate surface area is 295 Å². The molecule has 9 fully saturated rings. The second kappa shape index (κ2) is 10.4. The summed E-state index contributed by atoms with van der Waals surface area (Å²) in [7, 11) is 0. The summed E-state index contributed by atoms with van der Waals surface area (Å²) in [6.45, 7) is 17.4. The number of fused-ring (bicyclic) bond motifs is 6. The van der Waals surface area contributed by atoms with Crippen molar-refractivity contribution in [1.82, 2.24) is 0 Å². The average Bonchev–Trinajstić information content (AvgIpc) is 3.85. The number of ether oxygens (including phenoxy) is 7. The van der Waals surface area contributed by atoms with E-state index in [4.69, 9.17) is 33.2 Å². The topological polar surface area (TPSA) is 143 Å². The van der Waals surface area contributed by atoms with Crippen LogP contribution in [-0.2, 0) is 42.7 Å². The van der Waals surface area contributed by atoms with E-state index in [1.54, 1.807) is 6.92 Å². The highest BCUT2D eigenvalue weighted by Gasteiger charge is 2.86. The Hall–Kier alpha value is -1.34. The van der Waals surface area contributed by atoms with Crippen LogP contribution in [0.15, 0.2) is 0 Å². The Morgan fingerprint density at radius 1 is 0.840 bits per heavy atom. The van der Waals surface area contributed by atoms with Crippen molar-refractivity contribution < 1.29 is 53.0 Å². The maximum absolute atomic E-state index is 12.9. The van der Waals surface area contributed by atoms with Gasteiger partial charge in [-0.1, -0.05) is 34.6 Å². The van der Waals surface area contributed by atoms with Gasteiger partial charge in [0.05, 0.1) is 25.4 Å². The smallest absolute Gasteiger partial charge is 0.303 e. The van der Waals surface area contributed by atoms with E-state index in [2.05, 4.69) is 41.5 Å². The minimum Gasteiger partial charge on any atom is -0.462 e. The fourth-order valence-corrected chi connectivity index (χ4v) is 14.9. The lowest BCUT2D eigenvalue weighted by molar-refractivity contribution is -0.309. The third-order valence-corrected chi connectivity index (χ3v) is 16.9. The van der Waals surface area contributed by atoms with Gasteiger partial charge in [-0.25, -0.2) is 0 Å². The van der Waals surface area contributed by atoms with E-state index in [1.165, 1.54) is 6.92 Å². The summed E-state index contributed by atoms with van der Waals surface area (Å²) in [4.78, 5) is 24.9. The molecule has 0 amide bonds. The molecule has 0 aromatic rings. The summed E-state index contributed by atoms with van der Waals surface area (Å²) in [5.74, 6) is -0.0224. The normalized spacial score (nSPS) is 59.6. The lowest BCUT2D eigenvalue weighted by Gasteiger charge is -2.65. The Morgan fingerprint density at radius 2 is 1.56 bits per heavy atom. The molecule has 1 unspecified atom stereocenters. The van der Waals surface area contributed by atoms with Crippen molar-refractivity contribution >= 4 is 11.9 Å². The van der Waals surface area contributed by atoms with Crippen molar-refractivity contribution in [3.63, 3.8) is 0 Å². The number of aliphatic hydroxyl groups is 2. The first-order chi connectivity index (χ1) is 23.4. The number of rotatable bonds is 4. The molecule has 3 spiro atoms. The summed E-state index contributed by atoms with van der Waals surface area (Å²) >= 11 is 0. The maximum atomic E-state index is 12.9. The molecular formula is C39H58O11. The molecule has 4 aliphatic heterocycles. The van der Waals surface area contributed by atoms with Crippen LogP contribution in [0, 0.1) is 50.7 Å². The van der Waals surface area contributed by atoms with Crippen LogP contribution < -0.4 is 0 Å². The highest BCUT2D eigenvalue weighted by atomic mass is 16.8. The molecular weight excluding hydrogens is 644 g/mol. The lowest BCUT2D eigenvalue weighted by Crippen LogP contribution is -2.64. The number of hydrogen-bond acceptors (Lipinski definition) is 11. The third kappa shape index (κ3) is 4.17. The van der Waals surface area contributed by atoms with Gasteiger partial charge < -0.3 is 43.4 Å². The third-order valence-electron chi connectivity index (χ3n) is 16.9. The zero-order valence-corrected chi connectivity index (χ0v) is 31.1. The van der Waals surface area contributed by atoms with E-state index in [0.717, 1.165) is 51.4 Å². The van der Waals surface area contributed by atoms with Gasteiger partial charge in [-0.3, -0.25) is 9.59 Å². The summed E-state index contributed by atoms with van der Waals surface area (Å²) in [6, 6.07) is 0. The second-order valence-electron chi connectivity index (χ2n) is 19.5. The quantitative estimate of drug-likeness (QED) is 0.246. The molecule has 11 heteroatoms. The molecule has 280 valence electrons. The zero-order valence-electron chi connectivity index (χ0n) is 31.1. The van der Waals surface area contributed by atoms with Crippen molar-refractivity contribution in [2.45, 2.75) is 167 Å². The summed E-state index contributed by atoms with van der Waals surface area (Å²) in [5.41, 5.74) is -0.640. The summed E-state index contributed by atoms with van der Waals surface area (Å²) < 4.78 is 44.2. The SMILES string of the molecule is CC(=O)O[C@H]1[C@H](O[C@H]2CC[C@]34C[C@]35C[C@@H](OC(C)=O)[C@]3(C)[C@H]6[C@H](C)C[C@]7(OC[C@@]8(C)O[C@@H]78)O[C@H]6C[C@@]3(C)[C@@H]5CCC4C2(C)C)OC[C@@H](O)[C@@H]1O. The molecule has 9 rings (SSSR count). The summed E-state index contributed by atoms with van der Waals surface area (Å²) in [5, 5.41) is 21.0. The van der Waals surface area contributed by atoms with E-state index in [0.29, 0.717) is 24.4 Å². The van der Waals surface area contributed by atoms with Crippen LogP contribution in [0.4, 0.5) is 0 Å². The molecule has 18 atom stereocenters. The molecule has 0 aromatic carbocycles. The standard InChI is InChI=1S/C39H58O11/c1-19-13-39(32-35(7,50-32)18-45-39)49-23-14-34(6)25-10-9-24-33(4,5)26(48-31-30(47-21(3)41)29(43)22(42)16-44-31)11-12-37(24)17-38(25,37)15-27(46-20(2)40)36(34,8)28(19)23/h19,22-32,42-43H,9-18H2,1-8H3/t19-,22-,23+,24?,25+,26+,27-,28+,29+,30-,31+,32-,34+,35-,36-,37-,38+,39+/m1/s1. The lowest BCUT2D eigenvalue weighted by atomic mass is 9.41. The molecule has 5 aliphatic carbocycles. The van der Waals surface area contributed by atoms with E-state index < -0.39 is 36.4 Å². The Morgan fingerprint density at radius 3 is 2.22 bits per heavy atom. The molecule has 0 radical (unpaired) electrons. The molecule has 0 bridgehead atoms. The van der Waals surface area contributed by atoms with Gasteiger partial charge in [-0.05, 0) is 97.2 Å². The van der Waals surface area contributed by atoms with Crippen LogP contribution in [0.3, 0.4) is 0 Å². The Balaban J connectivity index is 1.02. The zero-order chi connectivity index (χ0) is 35.6. The number of carbonyl (C=O) groups excluding carboxylic acids is 2. The first-order valence-corrected chi connectivity index (χ1v) is 19.3. The fraction of sp³-hybridized carbons (Fsp3) is 0.949. The van der Waals surface area contributed by atoms with Gasteiger partial charge in [-0.15, -0.1) is 0 Å². The molecule has 11 nitrogen and oxygen atoms in total. The van der Waals surface area contributed by atoms with Gasteiger partial charge >= 0.3 is 11.9 Å². The number of epoxide rings is 1. The monoisotopic (exact) mass is 702 g/mol. The highest BCUT2D eigenvalue weighted by Crippen LogP contribution is 2.89. The van der Waals surface area contributed by atoms with Gasteiger partial charge in [0.2, 0.25) is 0 Å². The maximum Gasteiger partial charge on any atom is 0.303 e. The molecule has 2 N–H and O–H groups in total. The first-order valence-electron chi connectivity index (χ1n) is 19.3. The van der Waals surface area contributed by atoms with Crippen molar-refractivity contribution in [3.05, 3.63) is 0 Å². The number of aliphatic hydroxyl groups excluding tert-OH is 2. The van der Waals surface area contributed by atoms with Crippen LogP contribution in [0.1, 0.15) is 107 Å². The van der Waals surface area contributed by atoms with Crippen LogP contribution >= 0.6 is 0 Å². The fourth-order valence-electron chi connectivity index (χ4n) is 14.9. The second-order valence-corrected chi connectivity index (χ2v) is 19.5. The number of carbonyl (C=O) groups is 2. The van der Waals surface area contributed by atoms with Crippen LogP contribution in [0.2, 0.25) is 0 Å². The van der Waals surface area contributed by atoms with E-state index in [1.807, 2.05) is 0 Å². The minimum atomic E-state index is -1.29. The molecule has 50 heavy (non-hydrogen) atoms. The van der Waals surface area contributed by atoms with Gasteiger partial charge in [0.15, 0.2) is 18.2 Å². The average molecular weight is 703 g/mol. The molecule has 4 saturated heterocycles.